The molecule has 0 radical (unpaired) electrons. The third-order valence-corrected chi connectivity index (χ3v) is 6.91. The van der Waals surface area contributed by atoms with Crippen LogP contribution in [0.5, 0.6) is 0 Å². The summed E-state index contributed by atoms with van der Waals surface area (Å²) in [5.41, 5.74) is 6.77. The zero-order valence-corrected chi connectivity index (χ0v) is 21.0. The third kappa shape index (κ3) is 5.97. The van der Waals surface area contributed by atoms with Gasteiger partial charge in [-0.3, -0.25) is 4.79 Å². The Morgan fingerprint density at radius 2 is 1.54 bits per heavy atom. The van der Waals surface area contributed by atoms with Crippen LogP contribution in [0, 0.1) is 12.7 Å². The standard InChI is InChI=1S/C33H31FN2O/c1-24-11-13-26(14-12-24)22-36-23-31(29-9-5-6-10-32(29)36)30(27-15-17-28(34)18-16-27)21-33(37)35-20-19-25-7-3-2-4-8-25/h2-18,23,30H,19-22H2,1H3,(H,35,37)/t30-/m0/s1. The van der Waals surface area contributed by atoms with E-state index in [9.17, 15) is 9.18 Å². The highest BCUT2D eigenvalue weighted by molar-refractivity contribution is 5.86. The molecule has 5 aromatic rings. The van der Waals surface area contributed by atoms with E-state index in [4.69, 9.17) is 0 Å². The van der Waals surface area contributed by atoms with Gasteiger partial charge in [-0.1, -0.05) is 90.5 Å². The van der Waals surface area contributed by atoms with Gasteiger partial charge in [-0.25, -0.2) is 4.39 Å². The first-order valence-corrected chi connectivity index (χ1v) is 12.8. The van der Waals surface area contributed by atoms with Crippen LogP contribution in [0.3, 0.4) is 0 Å². The summed E-state index contributed by atoms with van der Waals surface area (Å²) in [6, 6.07) is 33.5. The minimum absolute atomic E-state index is 0.0133. The Morgan fingerprint density at radius 3 is 2.30 bits per heavy atom. The van der Waals surface area contributed by atoms with Gasteiger partial charge in [-0.2, -0.15) is 0 Å². The number of para-hydroxylation sites is 1. The van der Waals surface area contributed by atoms with Gasteiger partial charge in [0.05, 0.1) is 0 Å². The predicted octanol–water partition coefficient (Wildman–Crippen LogP) is 7.02. The molecule has 0 spiro atoms. The molecule has 4 heteroatoms. The molecule has 0 bridgehead atoms. The minimum atomic E-state index is -0.281. The van der Waals surface area contributed by atoms with Crippen molar-refractivity contribution in [1.29, 1.82) is 0 Å². The summed E-state index contributed by atoms with van der Waals surface area (Å²) >= 11 is 0. The molecular formula is C33H31FN2O. The second-order valence-electron chi connectivity index (χ2n) is 9.61. The van der Waals surface area contributed by atoms with E-state index in [1.807, 2.05) is 30.3 Å². The van der Waals surface area contributed by atoms with Gasteiger partial charge in [-0.15, -0.1) is 0 Å². The zero-order chi connectivity index (χ0) is 25.6. The van der Waals surface area contributed by atoms with Crippen LogP contribution >= 0.6 is 0 Å². The molecule has 1 aromatic heterocycles. The summed E-state index contributed by atoms with van der Waals surface area (Å²) in [6.07, 6.45) is 3.23. The first-order valence-electron chi connectivity index (χ1n) is 12.8. The fourth-order valence-corrected chi connectivity index (χ4v) is 4.92. The molecule has 37 heavy (non-hydrogen) atoms. The fraction of sp³-hybridized carbons (Fsp3) is 0.182. The molecule has 0 unspecified atom stereocenters. The molecule has 3 nitrogen and oxygen atoms in total. The van der Waals surface area contributed by atoms with Gasteiger partial charge in [0.2, 0.25) is 5.91 Å². The van der Waals surface area contributed by atoms with E-state index in [1.54, 1.807) is 12.1 Å². The first-order chi connectivity index (χ1) is 18.1. The Balaban J connectivity index is 1.44. The molecule has 0 saturated carbocycles. The number of hydrogen-bond donors (Lipinski definition) is 1. The Morgan fingerprint density at radius 1 is 0.838 bits per heavy atom. The number of carbonyl (C=O) groups excluding carboxylic acids is 1. The van der Waals surface area contributed by atoms with Gasteiger partial charge in [0, 0.05) is 42.5 Å². The Kier molecular flexibility index (Phi) is 7.46. The maximum atomic E-state index is 13.8. The summed E-state index contributed by atoms with van der Waals surface area (Å²) in [4.78, 5) is 13.1. The van der Waals surface area contributed by atoms with Crippen LogP contribution in [-0.2, 0) is 17.8 Å². The largest absolute Gasteiger partial charge is 0.356 e. The number of amides is 1. The number of halogens is 1. The van der Waals surface area contributed by atoms with Crippen molar-refractivity contribution in [1.82, 2.24) is 9.88 Å². The Bertz CT molecular complexity index is 1470. The average Bonchev–Trinajstić information content (AvgIpc) is 3.28. The number of aryl methyl sites for hydroxylation is 1. The van der Waals surface area contributed by atoms with Crippen molar-refractivity contribution in [3.63, 3.8) is 0 Å². The number of nitrogens with zero attached hydrogens (tertiary/aromatic N) is 1. The van der Waals surface area contributed by atoms with Gasteiger partial charge in [0.1, 0.15) is 5.82 Å². The molecule has 186 valence electrons. The van der Waals surface area contributed by atoms with Crippen LogP contribution in [0.2, 0.25) is 0 Å². The van der Waals surface area contributed by atoms with E-state index in [2.05, 4.69) is 71.5 Å². The second kappa shape index (κ2) is 11.3. The number of carbonyl (C=O) groups is 1. The first kappa shape index (κ1) is 24.5. The lowest BCUT2D eigenvalue weighted by atomic mass is 9.88. The number of hydrogen-bond acceptors (Lipinski definition) is 1. The minimum Gasteiger partial charge on any atom is -0.356 e. The third-order valence-electron chi connectivity index (χ3n) is 6.91. The number of aromatic nitrogens is 1. The van der Waals surface area contributed by atoms with Crippen LogP contribution in [0.25, 0.3) is 10.9 Å². The topological polar surface area (TPSA) is 34.0 Å². The van der Waals surface area contributed by atoms with Crippen LogP contribution in [0.1, 0.15) is 40.2 Å². The lowest BCUT2D eigenvalue weighted by Gasteiger charge is -2.17. The zero-order valence-electron chi connectivity index (χ0n) is 21.0. The number of rotatable bonds is 9. The molecule has 0 aliphatic rings. The van der Waals surface area contributed by atoms with E-state index < -0.39 is 0 Å². The van der Waals surface area contributed by atoms with Gasteiger partial charge in [0.15, 0.2) is 0 Å². The lowest BCUT2D eigenvalue weighted by molar-refractivity contribution is -0.121. The second-order valence-corrected chi connectivity index (χ2v) is 9.61. The highest BCUT2D eigenvalue weighted by Gasteiger charge is 2.23. The molecular weight excluding hydrogens is 459 g/mol. The quantitative estimate of drug-likeness (QED) is 0.237. The summed E-state index contributed by atoms with van der Waals surface area (Å²) in [5.74, 6) is -0.487. The molecule has 1 heterocycles. The lowest BCUT2D eigenvalue weighted by Crippen LogP contribution is -2.27. The summed E-state index contributed by atoms with van der Waals surface area (Å²) in [5, 5.41) is 4.20. The molecule has 0 aliphatic carbocycles. The predicted molar refractivity (Wildman–Crippen MR) is 148 cm³/mol. The Hall–Kier alpha value is -4.18. The van der Waals surface area contributed by atoms with Gasteiger partial charge in [-0.05, 0) is 53.8 Å². The van der Waals surface area contributed by atoms with Crippen molar-refractivity contribution in [2.24, 2.45) is 0 Å². The van der Waals surface area contributed by atoms with E-state index in [1.165, 1.54) is 28.8 Å². The molecule has 1 atom stereocenters. The van der Waals surface area contributed by atoms with E-state index >= 15 is 0 Å². The van der Waals surface area contributed by atoms with E-state index in [-0.39, 0.29) is 17.6 Å². The smallest absolute Gasteiger partial charge is 0.220 e. The van der Waals surface area contributed by atoms with Crippen LogP contribution in [0.15, 0.2) is 109 Å². The van der Waals surface area contributed by atoms with Gasteiger partial charge < -0.3 is 9.88 Å². The highest BCUT2D eigenvalue weighted by atomic mass is 19.1. The average molecular weight is 491 g/mol. The van der Waals surface area contributed by atoms with Crippen LogP contribution in [0.4, 0.5) is 4.39 Å². The monoisotopic (exact) mass is 490 g/mol. The van der Waals surface area contributed by atoms with Crippen molar-refractivity contribution in [3.05, 3.63) is 143 Å². The number of fused-ring (bicyclic) bond motifs is 1. The van der Waals surface area contributed by atoms with Crippen molar-refractivity contribution in [2.45, 2.75) is 32.2 Å². The van der Waals surface area contributed by atoms with Crippen LogP contribution in [-0.4, -0.2) is 17.0 Å². The fourth-order valence-electron chi connectivity index (χ4n) is 4.92. The highest BCUT2D eigenvalue weighted by Crippen LogP contribution is 2.35. The van der Waals surface area contributed by atoms with Crippen molar-refractivity contribution < 1.29 is 9.18 Å². The molecule has 5 rings (SSSR count). The summed E-state index contributed by atoms with van der Waals surface area (Å²) in [7, 11) is 0. The normalized spacial score (nSPS) is 11.9. The maximum Gasteiger partial charge on any atom is 0.220 e. The van der Waals surface area contributed by atoms with E-state index in [0.717, 1.165) is 35.0 Å². The molecule has 0 saturated heterocycles. The van der Waals surface area contributed by atoms with Crippen molar-refractivity contribution >= 4 is 16.8 Å². The number of benzene rings is 4. The van der Waals surface area contributed by atoms with Crippen molar-refractivity contribution in [3.8, 4) is 0 Å². The van der Waals surface area contributed by atoms with Crippen LogP contribution < -0.4 is 5.32 Å². The van der Waals surface area contributed by atoms with Gasteiger partial charge >= 0.3 is 0 Å². The molecule has 1 amide bonds. The molecule has 1 N–H and O–H groups in total. The number of nitrogens with one attached hydrogen (secondary N) is 1. The summed E-state index contributed by atoms with van der Waals surface area (Å²) < 4.78 is 16.0. The molecule has 4 aromatic carbocycles. The summed E-state index contributed by atoms with van der Waals surface area (Å²) in [6.45, 7) is 3.40. The molecule has 0 aliphatic heterocycles. The maximum absolute atomic E-state index is 13.8. The van der Waals surface area contributed by atoms with E-state index in [0.29, 0.717) is 13.0 Å². The Labute approximate surface area is 217 Å². The van der Waals surface area contributed by atoms with Gasteiger partial charge in [0.25, 0.3) is 0 Å². The molecule has 0 fully saturated rings. The van der Waals surface area contributed by atoms with Crippen molar-refractivity contribution in [2.75, 3.05) is 6.54 Å². The SMILES string of the molecule is Cc1ccc(Cn2cc([C@@H](CC(=O)NCCc3ccccc3)c3ccc(F)cc3)c3ccccc32)cc1.